The maximum absolute atomic E-state index is 13.1. The second kappa shape index (κ2) is 8.76. The summed E-state index contributed by atoms with van der Waals surface area (Å²) in [6.07, 6.45) is -0.222. The molecule has 1 aromatic rings. The maximum Gasteiger partial charge on any atom is 0.253 e. The summed E-state index contributed by atoms with van der Waals surface area (Å²) >= 11 is 0. The highest BCUT2D eigenvalue weighted by molar-refractivity contribution is 7.89. The number of β-amino-alcohol motifs (C(OH)–C–C–N with tert-alkyl or cyclic N) is 1. The number of aliphatic hydroxyl groups is 1. The lowest BCUT2D eigenvalue weighted by Gasteiger charge is -2.38. The minimum atomic E-state index is -4.08. The number of nitrogens with zero attached hydrogens (tertiary/aromatic N) is 2. The van der Waals surface area contributed by atoms with E-state index in [2.05, 4.69) is 4.72 Å². The number of nitrogens with one attached hydrogen (secondary N) is 1. The molecular weight excluding hydrogens is 400 g/mol. The first-order valence-corrected chi connectivity index (χ1v) is 11.0. The van der Waals surface area contributed by atoms with Crippen molar-refractivity contribution in [1.82, 2.24) is 9.62 Å². The van der Waals surface area contributed by atoms with Gasteiger partial charge in [-0.15, -0.1) is 0 Å². The van der Waals surface area contributed by atoms with E-state index in [-0.39, 0.29) is 37.0 Å². The molecule has 160 valence electrons. The molecule has 0 aromatic heterocycles. The average Bonchev–Trinajstić information content (AvgIpc) is 2.69. The van der Waals surface area contributed by atoms with E-state index >= 15 is 0 Å². The molecule has 2 aliphatic heterocycles. The molecule has 1 atom stereocenters. The summed E-state index contributed by atoms with van der Waals surface area (Å²) in [5.41, 5.74) is 6.64. The van der Waals surface area contributed by atoms with Crippen LogP contribution in [0.3, 0.4) is 0 Å². The Hall–Kier alpha value is -2.05. The zero-order valence-corrected chi connectivity index (χ0v) is 17.0. The Morgan fingerprint density at radius 2 is 2.14 bits per heavy atom. The number of ether oxygens (including phenoxy) is 1. The monoisotopic (exact) mass is 426 g/mol. The molecule has 2 aliphatic rings. The van der Waals surface area contributed by atoms with Gasteiger partial charge in [0.05, 0.1) is 17.6 Å². The number of morpholine rings is 1. The van der Waals surface area contributed by atoms with Crippen LogP contribution in [0.2, 0.25) is 0 Å². The van der Waals surface area contributed by atoms with Gasteiger partial charge in [-0.3, -0.25) is 9.59 Å². The molecule has 0 aliphatic carbocycles. The third-order valence-electron chi connectivity index (χ3n) is 5.03. The molecule has 0 radical (unpaired) electrons. The van der Waals surface area contributed by atoms with Gasteiger partial charge in [-0.25, -0.2) is 8.42 Å². The van der Waals surface area contributed by atoms with Gasteiger partial charge in [-0.05, 0) is 24.1 Å². The van der Waals surface area contributed by atoms with Crippen molar-refractivity contribution in [2.24, 2.45) is 5.73 Å². The molecule has 2 saturated heterocycles. The van der Waals surface area contributed by atoms with E-state index in [9.17, 15) is 23.1 Å². The number of likely N-dealkylation sites (tertiary alicyclic amines) is 1. The number of carbonyl (C=O) groups is 2. The van der Waals surface area contributed by atoms with E-state index in [0.717, 1.165) is 0 Å². The number of hydrogen-bond donors (Lipinski definition) is 3. The predicted molar refractivity (Wildman–Crippen MR) is 105 cm³/mol. The molecule has 2 heterocycles. The summed E-state index contributed by atoms with van der Waals surface area (Å²) in [4.78, 5) is 27.6. The van der Waals surface area contributed by atoms with E-state index in [1.165, 1.54) is 15.9 Å². The third kappa shape index (κ3) is 4.43. The first-order valence-electron chi connectivity index (χ1n) is 9.47. The normalized spacial score (nSPS) is 19.2. The van der Waals surface area contributed by atoms with E-state index in [4.69, 9.17) is 10.5 Å². The standard InChI is InChI=1S/C18H26N4O6S/c1-2-13-15(22-6-7-28-11-17(22)24)4-3-5-16(13)29(26,27)20-14(8-19)18(25)21-9-12(23)10-21/h3-5,12,14,20,23H,2,6-11,19H2,1H3/t14-/m0/s1. The summed E-state index contributed by atoms with van der Waals surface area (Å²) in [7, 11) is -4.08. The fourth-order valence-corrected chi connectivity index (χ4v) is 5.02. The first kappa shape index (κ1) is 21.7. The number of aliphatic hydroxyl groups excluding tert-OH is 1. The zero-order chi connectivity index (χ0) is 21.2. The molecule has 3 rings (SSSR count). The summed E-state index contributed by atoms with van der Waals surface area (Å²) in [5, 5.41) is 9.37. The molecule has 0 spiro atoms. The smallest absolute Gasteiger partial charge is 0.253 e. The Balaban J connectivity index is 1.88. The van der Waals surface area contributed by atoms with E-state index in [1.807, 2.05) is 0 Å². The van der Waals surface area contributed by atoms with Crippen LogP contribution in [-0.2, 0) is 30.8 Å². The van der Waals surface area contributed by atoms with Crippen LogP contribution in [0.15, 0.2) is 23.1 Å². The molecule has 2 fully saturated rings. The van der Waals surface area contributed by atoms with Crippen LogP contribution in [0, 0.1) is 0 Å². The highest BCUT2D eigenvalue weighted by Crippen LogP contribution is 2.29. The average molecular weight is 426 g/mol. The third-order valence-corrected chi connectivity index (χ3v) is 6.59. The SMILES string of the molecule is CCc1c(N2CCOCC2=O)cccc1S(=O)(=O)N[C@@H](CN)C(=O)N1CC(O)C1. The van der Waals surface area contributed by atoms with Crippen molar-refractivity contribution < 1.29 is 27.9 Å². The van der Waals surface area contributed by atoms with Crippen molar-refractivity contribution in [3.05, 3.63) is 23.8 Å². The van der Waals surface area contributed by atoms with Crippen molar-refractivity contribution in [2.75, 3.05) is 44.3 Å². The molecular formula is C18H26N4O6S. The number of rotatable bonds is 7. The molecule has 1 aromatic carbocycles. The molecule has 0 unspecified atom stereocenters. The summed E-state index contributed by atoms with van der Waals surface area (Å²) in [5.74, 6) is -0.709. The lowest BCUT2D eigenvalue weighted by Crippen LogP contribution is -2.60. The van der Waals surface area contributed by atoms with Gasteiger partial charge in [0, 0.05) is 31.9 Å². The van der Waals surface area contributed by atoms with Crippen molar-refractivity contribution in [3.8, 4) is 0 Å². The van der Waals surface area contributed by atoms with Gasteiger partial charge in [0.2, 0.25) is 15.9 Å². The lowest BCUT2D eigenvalue weighted by molar-refractivity contribution is -0.142. The van der Waals surface area contributed by atoms with Crippen LogP contribution >= 0.6 is 0 Å². The highest BCUT2D eigenvalue weighted by Gasteiger charge is 2.35. The van der Waals surface area contributed by atoms with Gasteiger partial charge in [0.1, 0.15) is 12.6 Å². The van der Waals surface area contributed by atoms with Crippen LogP contribution < -0.4 is 15.4 Å². The van der Waals surface area contributed by atoms with Gasteiger partial charge >= 0.3 is 0 Å². The van der Waals surface area contributed by atoms with Crippen LogP contribution in [0.4, 0.5) is 5.69 Å². The van der Waals surface area contributed by atoms with Gasteiger partial charge in [0.15, 0.2) is 0 Å². The fourth-order valence-electron chi connectivity index (χ4n) is 3.49. The minimum Gasteiger partial charge on any atom is -0.389 e. The molecule has 11 heteroatoms. The van der Waals surface area contributed by atoms with E-state index in [0.29, 0.717) is 30.8 Å². The Labute approximate surface area is 169 Å². The lowest BCUT2D eigenvalue weighted by atomic mass is 10.1. The largest absolute Gasteiger partial charge is 0.389 e. The maximum atomic E-state index is 13.1. The fraction of sp³-hybridized carbons (Fsp3) is 0.556. The molecule has 29 heavy (non-hydrogen) atoms. The highest BCUT2D eigenvalue weighted by atomic mass is 32.2. The quantitative estimate of drug-likeness (QED) is 0.478. The van der Waals surface area contributed by atoms with Crippen molar-refractivity contribution in [1.29, 1.82) is 0 Å². The van der Waals surface area contributed by atoms with E-state index < -0.39 is 28.1 Å². The summed E-state index contributed by atoms with van der Waals surface area (Å²) in [6.45, 7) is 2.56. The first-order chi connectivity index (χ1) is 13.8. The van der Waals surface area contributed by atoms with Crippen molar-refractivity contribution in [2.45, 2.75) is 30.4 Å². The molecule has 10 nitrogen and oxygen atoms in total. The number of sulfonamides is 1. The Morgan fingerprint density at radius 1 is 1.41 bits per heavy atom. The number of anilines is 1. The Morgan fingerprint density at radius 3 is 2.72 bits per heavy atom. The van der Waals surface area contributed by atoms with Crippen LogP contribution in [0.5, 0.6) is 0 Å². The Bertz CT molecular complexity index is 884. The predicted octanol–water partition coefficient (Wildman–Crippen LogP) is -1.58. The van der Waals surface area contributed by atoms with Crippen LogP contribution in [-0.4, -0.2) is 81.8 Å². The van der Waals surface area contributed by atoms with E-state index in [1.54, 1.807) is 19.1 Å². The van der Waals surface area contributed by atoms with Gasteiger partial charge in [0.25, 0.3) is 5.91 Å². The van der Waals surface area contributed by atoms with Gasteiger partial charge in [-0.1, -0.05) is 13.0 Å². The number of amides is 2. The van der Waals surface area contributed by atoms with Crippen molar-refractivity contribution >= 4 is 27.5 Å². The number of hydrogen-bond acceptors (Lipinski definition) is 7. The second-order valence-electron chi connectivity index (χ2n) is 7.01. The number of carbonyl (C=O) groups excluding carboxylic acids is 2. The van der Waals surface area contributed by atoms with Crippen LogP contribution in [0.1, 0.15) is 12.5 Å². The summed E-state index contributed by atoms with van der Waals surface area (Å²) in [6, 6.07) is 3.58. The Kier molecular flexibility index (Phi) is 6.54. The number of nitrogens with two attached hydrogens (primary N) is 1. The molecule has 2 amide bonds. The van der Waals surface area contributed by atoms with Crippen LogP contribution in [0.25, 0.3) is 0 Å². The summed E-state index contributed by atoms with van der Waals surface area (Å²) < 4.78 is 33.7. The minimum absolute atomic E-state index is 0.00619. The number of benzene rings is 1. The topological polar surface area (TPSA) is 142 Å². The molecule has 4 N–H and O–H groups in total. The van der Waals surface area contributed by atoms with Crippen molar-refractivity contribution in [3.63, 3.8) is 0 Å². The molecule has 0 saturated carbocycles. The second-order valence-corrected chi connectivity index (χ2v) is 8.69. The molecule has 0 bridgehead atoms. The van der Waals surface area contributed by atoms with Gasteiger partial charge in [-0.2, -0.15) is 4.72 Å². The van der Waals surface area contributed by atoms with Gasteiger partial charge < -0.3 is 25.4 Å². The zero-order valence-electron chi connectivity index (χ0n) is 16.2.